The third-order valence-corrected chi connectivity index (χ3v) is 9.13. The lowest BCUT2D eigenvalue weighted by atomic mass is 9.81. The maximum absolute atomic E-state index is 14.0. The summed E-state index contributed by atoms with van der Waals surface area (Å²) >= 11 is 0. The third kappa shape index (κ3) is 7.78. The van der Waals surface area contributed by atoms with E-state index in [-0.39, 0.29) is 42.6 Å². The molecule has 2 N–H and O–H groups in total. The van der Waals surface area contributed by atoms with Gasteiger partial charge in [-0.25, -0.2) is 4.79 Å². The lowest BCUT2D eigenvalue weighted by Crippen LogP contribution is -2.57. The zero-order valence-corrected chi connectivity index (χ0v) is 27.1. The quantitative estimate of drug-likeness (QED) is 0.232. The van der Waals surface area contributed by atoms with Crippen LogP contribution in [0.15, 0.2) is 66.4 Å². The fourth-order valence-electron chi connectivity index (χ4n) is 6.64. The number of benzene rings is 2. The molecule has 5 rings (SSSR count). The molecular weight excluding hydrogens is 606 g/mol. The number of aliphatic hydroxyl groups is 1. The minimum atomic E-state index is -0.716. The van der Waals surface area contributed by atoms with Crippen molar-refractivity contribution >= 4 is 23.5 Å². The fraction of sp³-hybridized carbons (Fsp3) is 0.514. The van der Waals surface area contributed by atoms with E-state index in [0.717, 1.165) is 11.3 Å². The van der Waals surface area contributed by atoms with E-state index in [0.29, 0.717) is 71.0 Å². The van der Waals surface area contributed by atoms with Crippen LogP contribution in [0.1, 0.15) is 48.0 Å². The van der Waals surface area contributed by atoms with Crippen LogP contribution in [0, 0.1) is 5.92 Å². The largest absolute Gasteiger partial charge is 0.465 e. The first-order valence-electron chi connectivity index (χ1n) is 16.3. The maximum Gasteiger partial charge on any atom is 0.337 e. The molecule has 0 saturated carbocycles. The van der Waals surface area contributed by atoms with Gasteiger partial charge >= 0.3 is 5.97 Å². The van der Waals surface area contributed by atoms with Gasteiger partial charge in [-0.05, 0) is 62.1 Å². The molecule has 47 heavy (non-hydrogen) atoms. The number of anilines is 1. The molecule has 3 unspecified atom stereocenters. The first-order valence-corrected chi connectivity index (χ1v) is 16.3. The predicted molar refractivity (Wildman–Crippen MR) is 172 cm³/mol. The van der Waals surface area contributed by atoms with Gasteiger partial charge in [0, 0.05) is 43.8 Å². The van der Waals surface area contributed by atoms with Crippen molar-refractivity contribution < 1.29 is 43.2 Å². The molecule has 2 aromatic carbocycles. The van der Waals surface area contributed by atoms with Gasteiger partial charge in [0.05, 0.1) is 45.8 Å². The Morgan fingerprint density at radius 1 is 1.00 bits per heavy atom. The molecule has 12 heteroatoms. The Morgan fingerprint density at radius 2 is 1.70 bits per heavy atom. The number of ether oxygens (including phenoxy) is 5. The molecule has 3 heterocycles. The number of nitrogens with zero attached hydrogens (tertiary/aromatic N) is 2. The van der Waals surface area contributed by atoms with Gasteiger partial charge in [-0.15, -0.1) is 0 Å². The number of piperidine rings is 1. The van der Waals surface area contributed by atoms with Crippen LogP contribution in [0.3, 0.4) is 0 Å². The molecule has 2 amide bonds. The van der Waals surface area contributed by atoms with Crippen LogP contribution in [0.5, 0.6) is 0 Å². The highest BCUT2D eigenvalue weighted by Crippen LogP contribution is 2.41. The van der Waals surface area contributed by atoms with Crippen LogP contribution in [0.4, 0.5) is 5.69 Å². The van der Waals surface area contributed by atoms with Crippen molar-refractivity contribution in [2.45, 2.75) is 43.9 Å². The van der Waals surface area contributed by atoms with Gasteiger partial charge in [0.2, 0.25) is 12.2 Å². The van der Waals surface area contributed by atoms with E-state index in [1.165, 1.54) is 7.11 Å². The number of esters is 1. The molecule has 0 bridgehead atoms. The molecule has 2 aromatic rings. The summed E-state index contributed by atoms with van der Waals surface area (Å²) in [6.45, 7) is 4.84. The van der Waals surface area contributed by atoms with Crippen LogP contribution < -0.4 is 10.2 Å². The van der Waals surface area contributed by atoms with E-state index in [1.54, 1.807) is 17.0 Å². The average molecular weight is 652 g/mol. The summed E-state index contributed by atoms with van der Waals surface area (Å²) in [6.07, 6.45) is 2.68. The topological polar surface area (TPSA) is 136 Å². The van der Waals surface area contributed by atoms with E-state index in [2.05, 4.69) is 10.2 Å². The van der Waals surface area contributed by atoms with Crippen LogP contribution in [0.2, 0.25) is 0 Å². The van der Waals surface area contributed by atoms with Gasteiger partial charge in [0.15, 0.2) is 5.76 Å². The van der Waals surface area contributed by atoms with Crippen molar-refractivity contribution in [3.8, 4) is 0 Å². The Labute approximate surface area is 275 Å². The van der Waals surface area contributed by atoms with Crippen molar-refractivity contribution in [2.24, 2.45) is 5.92 Å². The van der Waals surface area contributed by atoms with E-state index >= 15 is 0 Å². The van der Waals surface area contributed by atoms with Crippen molar-refractivity contribution in [3.05, 3.63) is 77.6 Å². The third-order valence-electron chi connectivity index (χ3n) is 9.13. The smallest absolute Gasteiger partial charge is 0.337 e. The Morgan fingerprint density at radius 3 is 2.36 bits per heavy atom. The summed E-state index contributed by atoms with van der Waals surface area (Å²) in [5.74, 6) is -0.961. The monoisotopic (exact) mass is 651 g/mol. The zero-order valence-electron chi connectivity index (χ0n) is 27.1. The number of carbonyl (C=O) groups excluding carboxylic acids is 3. The second-order valence-corrected chi connectivity index (χ2v) is 11.8. The minimum Gasteiger partial charge on any atom is -0.465 e. The lowest BCUT2D eigenvalue weighted by Gasteiger charge is -2.44. The first kappa shape index (κ1) is 34.4. The summed E-state index contributed by atoms with van der Waals surface area (Å²) in [5, 5.41) is 11.9. The SMILES string of the molecule is CCOC1OC(C(=O)N2CCC3(CC2)C(=O)NCN3c2ccccc2)=CC(c2ccc(C(=O)OC)cc2)C1CCOCCOCCO. The molecule has 0 aliphatic carbocycles. The number of aliphatic hydroxyl groups excluding tert-OH is 1. The number of rotatable bonds is 14. The zero-order chi connectivity index (χ0) is 33.2. The summed E-state index contributed by atoms with van der Waals surface area (Å²) in [6, 6.07) is 17.0. The highest BCUT2D eigenvalue weighted by molar-refractivity contribution is 5.95. The van der Waals surface area contributed by atoms with E-state index in [4.69, 9.17) is 28.8 Å². The highest BCUT2D eigenvalue weighted by Gasteiger charge is 2.51. The molecule has 3 atom stereocenters. The van der Waals surface area contributed by atoms with Gasteiger partial charge in [-0.1, -0.05) is 30.3 Å². The summed E-state index contributed by atoms with van der Waals surface area (Å²) < 4.78 is 28.4. The van der Waals surface area contributed by atoms with Gasteiger partial charge in [-0.3, -0.25) is 9.59 Å². The number of para-hydroxylation sites is 1. The van der Waals surface area contributed by atoms with Gasteiger partial charge in [-0.2, -0.15) is 0 Å². The minimum absolute atomic E-state index is 0.0153. The van der Waals surface area contributed by atoms with E-state index in [1.807, 2.05) is 55.5 Å². The number of hydrogen-bond acceptors (Lipinski definition) is 10. The van der Waals surface area contributed by atoms with E-state index < -0.39 is 17.8 Å². The molecule has 0 aromatic heterocycles. The first-order chi connectivity index (χ1) is 22.9. The Kier molecular flexibility index (Phi) is 11.9. The number of methoxy groups -OCH3 is 1. The number of likely N-dealkylation sites (tertiary alicyclic amines) is 1. The van der Waals surface area contributed by atoms with Crippen molar-refractivity contribution in [2.75, 3.05) is 71.4 Å². The Balaban J connectivity index is 1.34. The average Bonchev–Trinajstić information content (AvgIpc) is 3.42. The van der Waals surface area contributed by atoms with Crippen LogP contribution in [-0.2, 0) is 33.3 Å². The van der Waals surface area contributed by atoms with Gasteiger partial charge in [0.25, 0.3) is 5.91 Å². The fourth-order valence-corrected chi connectivity index (χ4v) is 6.64. The lowest BCUT2D eigenvalue weighted by molar-refractivity contribution is -0.172. The van der Waals surface area contributed by atoms with Crippen molar-refractivity contribution in [1.82, 2.24) is 10.2 Å². The second-order valence-electron chi connectivity index (χ2n) is 11.8. The molecule has 2 saturated heterocycles. The summed E-state index contributed by atoms with van der Waals surface area (Å²) in [4.78, 5) is 43.2. The molecule has 0 radical (unpaired) electrons. The molecule has 3 aliphatic rings. The highest BCUT2D eigenvalue weighted by atomic mass is 16.7. The number of amides is 2. The van der Waals surface area contributed by atoms with Crippen molar-refractivity contribution in [3.63, 3.8) is 0 Å². The Hall–Kier alpha value is -3.97. The molecule has 254 valence electrons. The summed E-state index contributed by atoms with van der Waals surface area (Å²) in [7, 11) is 1.34. The number of nitrogens with one attached hydrogen (secondary N) is 1. The van der Waals surface area contributed by atoms with Crippen molar-refractivity contribution in [1.29, 1.82) is 0 Å². The number of allylic oxidation sites excluding steroid dienone is 1. The number of carbonyl (C=O) groups is 3. The molecule has 3 aliphatic heterocycles. The predicted octanol–water partition coefficient (Wildman–Crippen LogP) is 2.82. The molecular formula is C35H45N3O9. The number of hydrogen-bond donors (Lipinski definition) is 2. The molecule has 1 spiro atoms. The Bertz CT molecular complexity index is 1380. The van der Waals surface area contributed by atoms with Gasteiger partial charge < -0.3 is 43.9 Å². The van der Waals surface area contributed by atoms with Crippen LogP contribution in [0.25, 0.3) is 0 Å². The van der Waals surface area contributed by atoms with Gasteiger partial charge in [0.1, 0.15) is 5.54 Å². The normalized spacial score (nSPS) is 22.1. The summed E-state index contributed by atoms with van der Waals surface area (Å²) in [5.41, 5.74) is 1.57. The van der Waals surface area contributed by atoms with E-state index in [9.17, 15) is 14.4 Å². The van der Waals surface area contributed by atoms with Crippen LogP contribution >= 0.6 is 0 Å². The molecule has 2 fully saturated rings. The maximum atomic E-state index is 14.0. The van der Waals surface area contributed by atoms with Crippen LogP contribution in [-0.4, -0.2) is 106 Å². The standard InChI is InChI=1S/C35H45N3O9/c1-3-46-33-28(13-19-44-21-22-45-20-18-39)29(25-9-11-26(12-10-25)32(41)43-2)23-30(47-33)31(40)37-16-14-35(15-17-37)34(42)36-24-38(35)27-7-5-4-6-8-27/h4-12,23,28-29,33,39H,3,13-22,24H2,1-2H3,(H,36,42). The second kappa shape index (κ2) is 16.2. The molecule has 12 nitrogen and oxygen atoms in total.